The third-order valence-corrected chi connectivity index (χ3v) is 4.82. The minimum absolute atomic E-state index is 0.137. The highest BCUT2D eigenvalue weighted by Gasteiger charge is 2.21. The molecular weight excluding hydrogens is 262 g/mol. The lowest BCUT2D eigenvalue weighted by Gasteiger charge is -2.18. The summed E-state index contributed by atoms with van der Waals surface area (Å²) in [6.45, 7) is 6.01. The number of Topliss-reactive ketones (excluding diaryl/α,β-unsaturated/α-hetero) is 1. The molecule has 19 heavy (non-hydrogen) atoms. The summed E-state index contributed by atoms with van der Waals surface area (Å²) in [5.41, 5.74) is 0.415. The van der Waals surface area contributed by atoms with Crippen LogP contribution in [0.25, 0.3) is 0 Å². The Balaban J connectivity index is 2.99. The Kier molecular flexibility index (Phi) is 5.26. The molecule has 0 fully saturated rings. The van der Waals surface area contributed by atoms with Crippen LogP contribution < -0.4 is 0 Å². The average molecular weight is 283 g/mol. The Labute approximate surface area is 115 Å². The zero-order valence-corrected chi connectivity index (χ0v) is 12.7. The van der Waals surface area contributed by atoms with Crippen LogP contribution in [0.15, 0.2) is 29.2 Å². The molecule has 5 heteroatoms. The van der Waals surface area contributed by atoms with Gasteiger partial charge in [-0.3, -0.25) is 4.79 Å². The molecule has 0 amide bonds. The molecule has 1 aromatic rings. The summed E-state index contributed by atoms with van der Waals surface area (Å²) < 4.78 is 26.0. The van der Waals surface area contributed by atoms with Crippen molar-refractivity contribution in [2.75, 3.05) is 13.6 Å². The molecule has 0 atom stereocenters. The predicted molar refractivity (Wildman–Crippen MR) is 75.7 cm³/mol. The molecular formula is C14H21NO3S. The first-order valence-corrected chi connectivity index (χ1v) is 7.76. The molecule has 0 aliphatic heterocycles. The van der Waals surface area contributed by atoms with Gasteiger partial charge >= 0.3 is 0 Å². The third-order valence-electron chi connectivity index (χ3n) is 2.97. The molecule has 0 aromatic heterocycles. The Bertz CT molecular complexity index is 550. The minimum Gasteiger partial charge on any atom is -0.295 e. The van der Waals surface area contributed by atoms with Crippen molar-refractivity contribution in [2.24, 2.45) is 5.92 Å². The maximum Gasteiger partial charge on any atom is 0.242 e. The van der Waals surface area contributed by atoms with E-state index in [2.05, 4.69) is 13.8 Å². The van der Waals surface area contributed by atoms with Crippen molar-refractivity contribution in [2.45, 2.75) is 32.1 Å². The molecule has 106 valence electrons. The second-order valence-corrected chi connectivity index (χ2v) is 7.14. The standard InChI is InChI=1S/C14H21NO3S/c1-11(2)8-9-15(4)19(17,18)14-7-5-6-13(10-14)12(3)16/h5-7,10-11H,8-9H2,1-4H3. The second-order valence-electron chi connectivity index (χ2n) is 5.09. The number of rotatable bonds is 6. The molecule has 0 spiro atoms. The average Bonchev–Trinajstić information content (AvgIpc) is 2.35. The molecule has 0 heterocycles. The van der Waals surface area contributed by atoms with Gasteiger partial charge in [0.2, 0.25) is 10.0 Å². The largest absolute Gasteiger partial charge is 0.295 e. The van der Waals surface area contributed by atoms with Crippen molar-refractivity contribution in [1.82, 2.24) is 4.31 Å². The Morgan fingerprint density at radius 3 is 2.47 bits per heavy atom. The van der Waals surface area contributed by atoms with Gasteiger partial charge in [-0.05, 0) is 31.4 Å². The van der Waals surface area contributed by atoms with Gasteiger partial charge < -0.3 is 0 Å². The van der Waals surface area contributed by atoms with Crippen molar-refractivity contribution in [1.29, 1.82) is 0 Å². The van der Waals surface area contributed by atoms with Crippen molar-refractivity contribution in [3.63, 3.8) is 0 Å². The molecule has 0 aliphatic rings. The van der Waals surface area contributed by atoms with Crippen LogP contribution in [-0.2, 0) is 10.0 Å². The maximum atomic E-state index is 12.3. The topological polar surface area (TPSA) is 54.5 Å². The first kappa shape index (κ1) is 15.9. The highest BCUT2D eigenvalue weighted by atomic mass is 32.2. The highest BCUT2D eigenvalue weighted by Crippen LogP contribution is 2.17. The van der Waals surface area contributed by atoms with Gasteiger partial charge in [-0.1, -0.05) is 26.0 Å². The lowest BCUT2D eigenvalue weighted by molar-refractivity contribution is 0.101. The van der Waals surface area contributed by atoms with Crippen molar-refractivity contribution in [3.05, 3.63) is 29.8 Å². The van der Waals surface area contributed by atoms with Gasteiger partial charge in [0.15, 0.2) is 5.78 Å². The van der Waals surface area contributed by atoms with E-state index in [0.717, 1.165) is 6.42 Å². The Hall–Kier alpha value is -1.20. The quantitative estimate of drug-likeness (QED) is 0.754. The van der Waals surface area contributed by atoms with E-state index in [0.29, 0.717) is 18.0 Å². The van der Waals surface area contributed by atoms with Crippen LogP contribution in [-0.4, -0.2) is 32.1 Å². The van der Waals surface area contributed by atoms with Gasteiger partial charge in [-0.2, -0.15) is 0 Å². The van der Waals surface area contributed by atoms with Crippen LogP contribution in [0.2, 0.25) is 0 Å². The van der Waals surface area contributed by atoms with Crippen LogP contribution in [0, 0.1) is 5.92 Å². The fourth-order valence-corrected chi connectivity index (χ4v) is 2.85. The SMILES string of the molecule is CC(=O)c1cccc(S(=O)(=O)N(C)CCC(C)C)c1. The fourth-order valence-electron chi connectivity index (χ4n) is 1.62. The Morgan fingerprint density at radius 2 is 1.95 bits per heavy atom. The van der Waals surface area contributed by atoms with Crippen LogP contribution in [0.5, 0.6) is 0 Å². The fraction of sp³-hybridized carbons (Fsp3) is 0.500. The van der Waals surface area contributed by atoms with Crippen LogP contribution in [0.3, 0.4) is 0 Å². The van der Waals surface area contributed by atoms with E-state index < -0.39 is 10.0 Å². The summed E-state index contributed by atoms with van der Waals surface area (Å²) in [5, 5.41) is 0. The summed E-state index contributed by atoms with van der Waals surface area (Å²) in [6.07, 6.45) is 0.808. The zero-order chi connectivity index (χ0) is 14.6. The van der Waals surface area contributed by atoms with Crippen molar-refractivity contribution in [3.8, 4) is 0 Å². The minimum atomic E-state index is -3.51. The predicted octanol–water partition coefficient (Wildman–Crippen LogP) is 2.56. The van der Waals surface area contributed by atoms with Crippen LogP contribution >= 0.6 is 0 Å². The second kappa shape index (κ2) is 6.30. The van der Waals surface area contributed by atoms with E-state index in [1.807, 2.05) is 0 Å². The van der Waals surface area contributed by atoms with E-state index in [1.165, 1.54) is 23.4 Å². The van der Waals surface area contributed by atoms with Crippen molar-refractivity contribution >= 4 is 15.8 Å². The molecule has 0 unspecified atom stereocenters. The van der Waals surface area contributed by atoms with Gasteiger partial charge in [0, 0.05) is 19.2 Å². The number of nitrogens with zero attached hydrogens (tertiary/aromatic N) is 1. The van der Waals surface area contributed by atoms with Crippen molar-refractivity contribution < 1.29 is 13.2 Å². The van der Waals surface area contributed by atoms with Crippen LogP contribution in [0.4, 0.5) is 0 Å². The number of sulfonamides is 1. The summed E-state index contributed by atoms with van der Waals surface area (Å²) in [7, 11) is -1.94. The van der Waals surface area contributed by atoms with Crippen LogP contribution in [0.1, 0.15) is 37.6 Å². The zero-order valence-electron chi connectivity index (χ0n) is 11.9. The number of carbonyl (C=O) groups excluding carboxylic acids is 1. The van der Waals surface area contributed by atoms with E-state index in [9.17, 15) is 13.2 Å². The van der Waals surface area contributed by atoms with Gasteiger partial charge in [0.25, 0.3) is 0 Å². The lowest BCUT2D eigenvalue weighted by atomic mass is 10.1. The highest BCUT2D eigenvalue weighted by molar-refractivity contribution is 7.89. The summed E-state index contributed by atoms with van der Waals surface area (Å²) in [5.74, 6) is 0.308. The lowest BCUT2D eigenvalue weighted by Crippen LogP contribution is -2.28. The van der Waals surface area contributed by atoms with Gasteiger partial charge in [0.1, 0.15) is 0 Å². The summed E-state index contributed by atoms with van der Waals surface area (Å²) in [6, 6.07) is 6.17. The first-order valence-electron chi connectivity index (χ1n) is 6.32. The molecule has 1 rings (SSSR count). The smallest absolute Gasteiger partial charge is 0.242 e. The molecule has 0 saturated heterocycles. The van der Waals surface area contributed by atoms with Gasteiger partial charge in [-0.25, -0.2) is 12.7 Å². The Morgan fingerprint density at radius 1 is 1.32 bits per heavy atom. The summed E-state index contributed by atoms with van der Waals surface area (Å²) >= 11 is 0. The van der Waals surface area contributed by atoms with Gasteiger partial charge in [0.05, 0.1) is 4.90 Å². The molecule has 1 aromatic carbocycles. The molecule has 0 N–H and O–H groups in total. The number of hydrogen-bond acceptors (Lipinski definition) is 3. The maximum absolute atomic E-state index is 12.3. The van der Waals surface area contributed by atoms with E-state index in [-0.39, 0.29) is 10.7 Å². The molecule has 4 nitrogen and oxygen atoms in total. The normalized spacial score (nSPS) is 12.1. The summed E-state index contributed by atoms with van der Waals surface area (Å²) in [4.78, 5) is 11.5. The molecule has 0 aliphatic carbocycles. The number of benzene rings is 1. The molecule has 0 saturated carbocycles. The van der Waals surface area contributed by atoms with E-state index in [1.54, 1.807) is 19.2 Å². The number of ketones is 1. The first-order chi connectivity index (χ1) is 8.75. The number of carbonyl (C=O) groups is 1. The van der Waals surface area contributed by atoms with E-state index >= 15 is 0 Å². The van der Waals surface area contributed by atoms with E-state index in [4.69, 9.17) is 0 Å². The third kappa shape index (κ3) is 4.14. The molecule has 0 bridgehead atoms. The number of hydrogen-bond donors (Lipinski definition) is 0. The monoisotopic (exact) mass is 283 g/mol. The molecule has 0 radical (unpaired) electrons. The van der Waals surface area contributed by atoms with Gasteiger partial charge in [-0.15, -0.1) is 0 Å².